The monoisotopic (exact) mass is 435 g/mol. The van der Waals surface area contributed by atoms with Crippen LogP contribution >= 0.6 is 15.9 Å². The summed E-state index contributed by atoms with van der Waals surface area (Å²) in [5.41, 5.74) is 0.467. The van der Waals surface area contributed by atoms with E-state index in [0.29, 0.717) is 42.8 Å². The topological polar surface area (TPSA) is 62.7 Å². The Morgan fingerprint density at radius 2 is 1.93 bits per heavy atom. The molecule has 2 heterocycles. The minimum atomic E-state index is -0.526. The van der Waals surface area contributed by atoms with E-state index >= 15 is 0 Å². The highest BCUT2D eigenvalue weighted by Gasteiger charge is 2.25. The van der Waals surface area contributed by atoms with E-state index < -0.39 is 11.8 Å². The van der Waals surface area contributed by atoms with Gasteiger partial charge < -0.3 is 14.5 Å². The molecule has 1 aromatic carbocycles. The lowest BCUT2D eigenvalue weighted by Gasteiger charge is -2.35. The zero-order valence-electron chi connectivity index (χ0n) is 14.8. The summed E-state index contributed by atoms with van der Waals surface area (Å²) in [6, 6.07) is 7.78. The Morgan fingerprint density at radius 3 is 2.56 bits per heavy atom. The molecule has 0 N–H and O–H groups in total. The molecule has 0 bridgehead atoms. The van der Waals surface area contributed by atoms with E-state index in [2.05, 4.69) is 20.9 Å². The molecular weight excluding hydrogens is 417 g/mol. The van der Waals surface area contributed by atoms with Gasteiger partial charge in [-0.05, 0) is 37.3 Å². The van der Waals surface area contributed by atoms with Crippen LogP contribution in [0.4, 0.5) is 10.2 Å². The van der Waals surface area contributed by atoms with Crippen LogP contribution in [0.25, 0.3) is 0 Å². The molecule has 0 radical (unpaired) electrons. The maximum atomic E-state index is 13.9. The molecule has 1 fully saturated rings. The normalized spacial score (nSPS) is 14.2. The maximum absolute atomic E-state index is 13.9. The molecule has 27 heavy (non-hydrogen) atoms. The number of pyridine rings is 1. The fourth-order valence-corrected chi connectivity index (χ4v) is 3.24. The molecule has 1 aliphatic heterocycles. The number of halogens is 2. The Hall–Kier alpha value is -2.48. The van der Waals surface area contributed by atoms with E-state index in [1.54, 1.807) is 30.0 Å². The lowest BCUT2D eigenvalue weighted by atomic mass is 10.1. The van der Waals surface area contributed by atoms with E-state index in [-0.39, 0.29) is 11.5 Å². The van der Waals surface area contributed by atoms with Gasteiger partial charge in [0.15, 0.2) is 0 Å². The summed E-state index contributed by atoms with van der Waals surface area (Å²) in [7, 11) is 0. The van der Waals surface area contributed by atoms with E-state index in [0.717, 1.165) is 5.82 Å². The van der Waals surface area contributed by atoms with Gasteiger partial charge in [-0.3, -0.25) is 4.79 Å². The molecule has 6 nitrogen and oxygen atoms in total. The molecule has 8 heteroatoms. The molecule has 142 valence electrons. The van der Waals surface area contributed by atoms with E-state index in [9.17, 15) is 14.0 Å². The summed E-state index contributed by atoms with van der Waals surface area (Å²) in [4.78, 5) is 32.2. The second-order valence-corrected chi connectivity index (χ2v) is 6.94. The van der Waals surface area contributed by atoms with Gasteiger partial charge in [0.05, 0.1) is 17.7 Å². The average molecular weight is 436 g/mol. The third kappa shape index (κ3) is 4.44. The second kappa shape index (κ2) is 8.47. The highest BCUT2D eigenvalue weighted by atomic mass is 79.9. The van der Waals surface area contributed by atoms with Gasteiger partial charge in [0.2, 0.25) is 0 Å². The Labute approximate surface area is 165 Å². The van der Waals surface area contributed by atoms with Gasteiger partial charge >= 0.3 is 5.97 Å². The van der Waals surface area contributed by atoms with Crippen molar-refractivity contribution in [2.24, 2.45) is 0 Å². The number of piperazine rings is 1. The van der Waals surface area contributed by atoms with Crippen LogP contribution < -0.4 is 4.90 Å². The van der Waals surface area contributed by atoms with Gasteiger partial charge in [-0.15, -0.1) is 0 Å². The molecule has 1 amide bonds. The van der Waals surface area contributed by atoms with Crippen LogP contribution in [0.15, 0.2) is 41.0 Å². The summed E-state index contributed by atoms with van der Waals surface area (Å²) < 4.78 is 19.6. The predicted molar refractivity (Wildman–Crippen MR) is 102 cm³/mol. The highest BCUT2D eigenvalue weighted by Crippen LogP contribution is 2.20. The zero-order chi connectivity index (χ0) is 19.4. The first-order valence-corrected chi connectivity index (χ1v) is 9.41. The van der Waals surface area contributed by atoms with Crippen molar-refractivity contribution in [3.8, 4) is 0 Å². The Kier molecular flexibility index (Phi) is 6.05. The van der Waals surface area contributed by atoms with Crippen LogP contribution in [0, 0.1) is 5.82 Å². The maximum Gasteiger partial charge on any atom is 0.339 e. The lowest BCUT2D eigenvalue weighted by Crippen LogP contribution is -2.49. The molecule has 1 aliphatic rings. The second-order valence-electron chi connectivity index (χ2n) is 6.03. The standard InChI is InChI=1S/C19H19BrFN3O3/c1-2-27-19(26)13-3-6-17(22-12-13)23-7-9-24(10-8-23)18(25)15-11-14(20)4-5-16(15)21/h3-6,11-12H,2,7-10H2,1H3. The number of carbonyl (C=O) groups is 2. The number of anilines is 1. The van der Waals surface area contributed by atoms with Crippen molar-refractivity contribution in [2.75, 3.05) is 37.7 Å². The zero-order valence-corrected chi connectivity index (χ0v) is 16.4. The van der Waals surface area contributed by atoms with Crippen LogP contribution in [-0.4, -0.2) is 54.5 Å². The molecule has 3 rings (SSSR count). The van der Waals surface area contributed by atoms with Gasteiger partial charge in [0.1, 0.15) is 11.6 Å². The van der Waals surface area contributed by atoms with Gasteiger partial charge in [-0.1, -0.05) is 15.9 Å². The number of nitrogens with zero attached hydrogens (tertiary/aromatic N) is 3. The first kappa shape index (κ1) is 19.3. The first-order chi connectivity index (χ1) is 13.0. The number of esters is 1. The molecule has 2 aromatic rings. The summed E-state index contributed by atoms with van der Waals surface area (Å²) >= 11 is 3.27. The van der Waals surface area contributed by atoms with Crippen molar-refractivity contribution >= 4 is 33.6 Å². The third-order valence-electron chi connectivity index (χ3n) is 4.31. The quantitative estimate of drug-likeness (QED) is 0.690. The minimum absolute atomic E-state index is 0.0646. The molecule has 0 spiro atoms. The summed E-state index contributed by atoms with van der Waals surface area (Å²) in [5, 5.41) is 0. The van der Waals surface area contributed by atoms with Gasteiger partial charge in [-0.2, -0.15) is 0 Å². The smallest absolute Gasteiger partial charge is 0.339 e. The van der Waals surface area contributed by atoms with Crippen molar-refractivity contribution in [1.29, 1.82) is 0 Å². The van der Waals surface area contributed by atoms with Crippen LogP contribution in [0.3, 0.4) is 0 Å². The van der Waals surface area contributed by atoms with E-state index in [4.69, 9.17) is 4.74 Å². The van der Waals surface area contributed by atoms with Gasteiger partial charge in [0, 0.05) is 36.8 Å². The first-order valence-electron chi connectivity index (χ1n) is 8.62. The van der Waals surface area contributed by atoms with Crippen molar-refractivity contribution in [1.82, 2.24) is 9.88 Å². The molecule has 0 aliphatic carbocycles. The SMILES string of the molecule is CCOC(=O)c1ccc(N2CCN(C(=O)c3cc(Br)ccc3F)CC2)nc1. The number of hydrogen-bond acceptors (Lipinski definition) is 5. The highest BCUT2D eigenvalue weighted by molar-refractivity contribution is 9.10. The molecule has 0 unspecified atom stereocenters. The predicted octanol–water partition coefficient (Wildman–Crippen LogP) is 3.12. The Morgan fingerprint density at radius 1 is 1.19 bits per heavy atom. The summed E-state index contributed by atoms with van der Waals surface area (Å²) in [6.45, 7) is 4.15. The fraction of sp³-hybridized carbons (Fsp3) is 0.316. The largest absolute Gasteiger partial charge is 0.462 e. The molecule has 0 atom stereocenters. The fourth-order valence-electron chi connectivity index (χ4n) is 2.88. The Bertz CT molecular complexity index is 837. The molecule has 0 saturated carbocycles. The van der Waals surface area contributed by atoms with Crippen LogP contribution in [0.5, 0.6) is 0 Å². The molecular formula is C19H19BrFN3O3. The summed E-state index contributed by atoms with van der Waals surface area (Å²) in [5.74, 6) is -0.521. The van der Waals surface area contributed by atoms with Gasteiger partial charge in [0.25, 0.3) is 5.91 Å². The number of rotatable bonds is 4. The van der Waals surface area contributed by atoms with Crippen molar-refractivity contribution < 1.29 is 18.7 Å². The number of benzene rings is 1. The average Bonchev–Trinajstić information content (AvgIpc) is 2.70. The number of ether oxygens (including phenoxy) is 1. The number of aromatic nitrogens is 1. The number of hydrogen-bond donors (Lipinski definition) is 0. The van der Waals surface area contributed by atoms with Crippen LogP contribution in [0.1, 0.15) is 27.6 Å². The van der Waals surface area contributed by atoms with Crippen LogP contribution in [-0.2, 0) is 4.74 Å². The van der Waals surface area contributed by atoms with Crippen molar-refractivity contribution in [3.63, 3.8) is 0 Å². The van der Waals surface area contributed by atoms with Crippen molar-refractivity contribution in [2.45, 2.75) is 6.92 Å². The number of amides is 1. The third-order valence-corrected chi connectivity index (χ3v) is 4.80. The Balaban J connectivity index is 1.62. The molecule has 1 saturated heterocycles. The van der Waals surface area contributed by atoms with E-state index in [1.165, 1.54) is 18.3 Å². The summed E-state index contributed by atoms with van der Waals surface area (Å²) in [6.07, 6.45) is 1.49. The number of carbonyl (C=O) groups excluding carboxylic acids is 2. The van der Waals surface area contributed by atoms with Gasteiger partial charge in [-0.25, -0.2) is 14.2 Å². The minimum Gasteiger partial charge on any atom is -0.462 e. The molecule has 1 aromatic heterocycles. The van der Waals surface area contributed by atoms with E-state index in [1.807, 2.05) is 4.90 Å². The van der Waals surface area contributed by atoms with Crippen LogP contribution in [0.2, 0.25) is 0 Å². The van der Waals surface area contributed by atoms with Crippen molar-refractivity contribution in [3.05, 3.63) is 57.9 Å². The lowest BCUT2D eigenvalue weighted by molar-refractivity contribution is 0.0525.